The predicted octanol–water partition coefficient (Wildman–Crippen LogP) is 4.02. The van der Waals surface area contributed by atoms with Crippen molar-refractivity contribution in [1.82, 2.24) is 25.4 Å². The molecule has 0 radical (unpaired) electrons. The summed E-state index contributed by atoms with van der Waals surface area (Å²) in [5.74, 6) is 0.969. The minimum atomic E-state index is -0.466. The van der Waals surface area contributed by atoms with Crippen LogP contribution in [-0.2, 0) is 11.3 Å². The van der Waals surface area contributed by atoms with Gasteiger partial charge in [-0.15, -0.1) is 21.5 Å². The predicted molar refractivity (Wildman–Crippen MR) is 121 cm³/mol. The van der Waals surface area contributed by atoms with Crippen molar-refractivity contribution < 1.29 is 9.59 Å². The number of hydrogen-bond donors (Lipinski definition) is 2. The lowest BCUT2D eigenvalue weighted by Gasteiger charge is -2.10. The molecule has 0 unspecified atom stereocenters. The van der Waals surface area contributed by atoms with E-state index in [1.165, 1.54) is 11.8 Å². The van der Waals surface area contributed by atoms with Gasteiger partial charge >= 0.3 is 6.03 Å². The van der Waals surface area contributed by atoms with Gasteiger partial charge in [0.1, 0.15) is 0 Å². The van der Waals surface area contributed by atoms with E-state index in [-0.39, 0.29) is 11.7 Å². The van der Waals surface area contributed by atoms with Crippen LogP contribution < -0.4 is 10.6 Å². The monoisotopic (exact) mass is 443 g/mol. The molecule has 3 amide bonds. The van der Waals surface area contributed by atoms with Gasteiger partial charge in [0, 0.05) is 6.54 Å². The minimum Gasteiger partial charge on any atom is -0.338 e. The molecule has 0 aliphatic carbocycles. The number of imide groups is 1. The number of thioether (sulfide) groups is 1. The van der Waals surface area contributed by atoms with Crippen molar-refractivity contribution >= 4 is 35.0 Å². The van der Waals surface area contributed by atoms with E-state index in [4.69, 9.17) is 0 Å². The number of nitrogens with zero attached hydrogens (tertiary/aromatic N) is 3. The van der Waals surface area contributed by atoms with Gasteiger partial charge in [-0.1, -0.05) is 62.0 Å². The lowest BCUT2D eigenvalue weighted by atomic mass is 10.1. The third-order valence-corrected chi connectivity index (χ3v) is 6.07. The number of carbonyl (C=O) groups is 2. The van der Waals surface area contributed by atoms with Crippen molar-refractivity contribution in [2.45, 2.75) is 32.0 Å². The van der Waals surface area contributed by atoms with Crippen molar-refractivity contribution in [3.05, 3.63) is 53.4 Å². The number of rotatable bonds is 9. The summed E-state index contributed by atoms with van der Waals surface area (Å²) in [6.45, 7) is 5.30. The number of nitrogens with one attached hydrogen (secondary N) is 2. The van der Waals surface area contributed by atoms with Gasteiger partial charge in [0.15, 0.2) is 11.0 Å². The van der Waals surface area contributed by atoms with Gasteiger partial charge in [-0.2, -0.15) is 0 Å². The Morgan fingerprint density at radius 2 is 1.93 bits per heavy atom. The average Bonchev–Trinajstić information content (AvgIpc) is 3.37. The molecular weight excluding hydrogens is 418 g/mol. The van der Waals surface area contributed by atoms with Crippen LogP contribution in [0.3, 0.4) is 0 Å². The summed E-state index contributed by atoms with van der Waals surface area (Å²) < 4.78 is 2.00. The first-order valence-corrected chi connectivity index (χ1v) is 11.6. The van der Waals surface area contributed by atoms with Crippen LogP contribution in [-0.4, -0.2) is 39.0 Å². The summed E-state index contributed by atoms with van der Waals surface area (Å²) in [5, 5.41) is 16.3. The van der Waals surface area contributed by atoms with Gasteiger partial charge in [0.25, 0.3) is 0 Å². The Bertz CT molecular complexity index is 955. The van der Waals surface area contributed by atoms with Crippen molar-refractivity contribution in [2.24, 2.45) is 5.92 Å². The van der Waals surface area contributed by atoms with Crippen molar-refractivity contribution in [2.75, 3.05) is 12.3 Å². The summed E-state index contributed by atoms with van der Waals surface area (Å²) in [6, 6.07) is 13.5. The van der Waals surface area contributed by atoms with Crippen molar-refractivity contribution in [1.29, 1.82) is 0 Å². The summed E-state index contributed by atoms with van der Waals surface area (Å²) in [4.78, 5) is 25.0. The molecule has 9 heteroatoms. The molecule has 2 heterocycles. The molecule has 158 valence electrons. The maximum Gasteiger partial charge on any atom is 0.321 e. The highest BCUT2D eigenvalue weighted by Crippen LogP contribution is 2.28. The van der Waals surface area contributed by atoms with Gasteiger partial charge in [-0.3, -0.25) is 14.7 Å². The Kier molecular flexibility index (Phi) is 8.04. The molecule has 30 heavy (non-hydrogen) atoms. The highest BCUT2D eigenvalue weighted by atomic mass is 32.2. The molecule has 3 rings (SSSR count). The van der Waals surface area contributed by atoms with Crippen LogP contribution >= 0.6 is 23.1 Å². The number of hydrogen-bond acceptors (Lipinski definition) is 6. The lowest BCUT2D eigenvalue weighted by Crippen LogP contribution is -2.40. The zero-order valence-corrected chi connectivity index (χ0v) is 18.6. The normalized spacial score (nSPS) is 10.9. The SMILES string of the molecule is CC(C)CCNC(=O)NC(=O)CSc1nnc(-c2cccs2)n1Cc1ccccc1. The third kappa shape index (κ3) is 6.43. The standard InChI is InChI=1S/C21H25N5O2S2/c1-15(2)10-11-22-20(28)23-18(27)14-30-21-25-24-19(17-9-6-12-29-17)26(21)13-16-7-4-3-5-8-16/h3-9,12,15H,10-11,13-14H2,1-2H3,(H2,22,23,27,28). The van der Waals surface area contributed by atoms with Gasteiger partial charge in [0.05, 0.1) is 17.2 Å². The molecule has 0 aliphatic rings. The number of benzene rings is 1. The number of thiophene rings is 1. The number of carbonyl (C=O) groups excluding carboxylic acids is 2. The zero-order chi connectivity index (χ0) is 21.3. The second-order valence-electron chi connectivity index (χ2n) is 7.13. The molecule has 0 bridgehead atoms. The third-order valence-electron chi connectivity index (χ3n) is 4.23. The molecule has 0 saturated carbocycles. The van der Waals surface area contributed by atoms with Gasteiger partial charge in [-0.25, -0.2) is 4.79 Å². The van der Waals surface area contributed by atoms with Crippen LogP contribution in [0.25, 0.3) is 10.7 Å². The topological polar surface area (TPSA) is 88.9 Å². The fraction of sp³-hybridized carbons (Fsp3) is 0.333. The van der Waals surface area contributed by atoms with E-state index in [0.717, 1.165) is 22.7 Å². The summed E-state index contributed by atoms with van der Waals surface area (Å²) >= 11 is 2.86. The lowest BCUT2D eigenvalue weighted by molar-refractivity contribution is -0.117. The van der Waals surface area contributed by atoms with E-state index in [1.54, 1.807) is 11.3 Å². The van der Waals surface area contributed by atoms with E-state index in [1.807, 2.05) is 52.4 Å². The van der Waals surface area contributed by atoms with Crippen LogP contribution in [0.2, 0.25) is 0 Å². The maximum absolute atomic E-state index is 12.2. The molecule has 0 spiro atoms. The molecule has 0 aliphatic heterocycles. The van der Waals surface area contributed by atoms with Crippen LogP contribution in [0.5, 0.6) is 0 Å². The van der Waals surface area contributed by atoms with Crippen LogP contribution in [0.15, 0.2) is 53.0 Å². The van der Waals surface area contributed by atoms with E-state index in [0.29, 0.717) is 24.2 Å². The Hall–Kier alpha value is -2.65. The number of aromatic nitrogens is 3. The largest absolute Gasteiger partial charge is 0.338 e. The second kappa shape index (κ2) is 10.9. The van der Waals surface area contributed by atoms with Crippen LogP contribution in [0.4, 0.5) is 4.79 Å². The van der Waals surface area contributed by atoms with Crippen molar-refractivity contribution in [3.8, 4) is 10.7 Å². The highest BCUT2D eigenvalue weighted by Gasteiger charge is 2.17. The quantitative estimate of drug-likeness (QED) is 0.488. The Morgan fingerprint density at radius 1 is 1.13 bits per heavy atom. The fourth-order valence-corrected chi connectivity index (χ4v) is 4.16. The molecule has 3 aromatic rings. The van der Waals surface area contributed by atoms with E-state index in [9.17, 15) is 9.59 Å². The van der Waals surface area contributed by atoms with E-state index >= 15 is 0 Å². The molecule has 0 saturated heterocycles. The molecule has 2 N–H and O–H groups in total. The minimum absolute atomic E-state index is 0.0783. The molecule has 7 nitrogen and oxygen atoms in total. The van der Waals surface area contributed by atoms with Gasteiger partial charge in [-0.05, 0) is 29.3 Å². The first-order valence-electron chi connectivity index (χ1n) is 9.74. The second-order valence-corrected chi connectivity index (χ2v) is 9.02. The zero-order valence-electron chi connectivity index (χ0n) is 17.0. The first kappa shape index (κ1) is 22.0. The maximum atomic E-state index is 12.2. The molecular formula is C21H25N5O2S2. The molecule has 0 atom stereocenters. The first-order chi connectivity index (χ1) is 14.5. The molecule has 0 fully saturated rings. The Morgan fingerprint density at radius 3 is 2.63 bits per heavy atom. The Balaban J connectivity index is 1.64. The Labute approximate surface area is 184 Å². The van der Waals surface area contributed by atoms with Gasteiger partial charge < -0.3 is 5.32 Å². The van der Waals surface area contributed by atoms with Gasteiger partial charge in [0.2, 0.25) is 5.91 Å². The van der Waals surface area contributed by atoms with E-state index < -0.39 is 6.03 Å². The summed E-state index contributed by atoms with van der Waals surface area (Å²) in [7, 11) is 0. The highest BCUT2D eigenvalue weighted by molar-refractivity contribution is 7.99. The number of urea groups is 1. The molecule has 2 aromatic heterocycles. The number of amides is 3. The molecule has 1 aromatic carbocycles. The smallest absolute Gasteiger partial charge is 0.321 e. The van der Waals surface area contributed by atoms with E-state index in [2.05, 4.69) is 34.7 Å². The van der Waals surface area contributed by atoms with Crippen LogP contribution in [0, 0.1) is 5.92 Å². The average molecular weight is 444 g/mol. The fourth-order valence-electron chi connectivity index (χ4n) is 2.70. The van der Waals surface area contributed by atoms with Crippen LogP contribution in [0.1, 0.15) is 25.8 Å². The summed E-state index contributed by atoms with van der Waals surface area (Å²) in [5.41, 5.74) is 1.12. The summed E-state index contributed by atoms with van der Waals surface area (Å²) in [6.07, 6.45) is 0.866. The van der Waals surface area contributed by atoms with Crippen molar-refractivity contribution in [3.63, 3.8) is 0 Å².